The van der Waals surface area contributed by atoms with Gasteiger partial charge in [0.2, 0.25) is 0 Å². The fraction of sp³-hybridized carbons (Fsp3) is 0.261. The highest BCUT2D eigenvalue weighted by atomic mass is 19.1. The van der Waals surface area contributed by atoms with E-state index >= 15 is 0 Å². The third-order valence-corrected chi connectivity index (χ3v) is 5.75. The summed E-state index contributed by atoms with van der Waals surface area (Å²) in [5.41, 5.74) is 1.91. The number of nitrogens with zero attached hydrogens (tertiary/aromatic N) is 6. The molecule has 1 atom stereocenters. The Hall–Kier alpha value is -3.59. The highest BCUT2D eigenvalue weighted by Crippen LogP contribution is 2.29. The largest absolute Gasteiger partial charge is 0.467 e. The van der Waals surface area contributed by atoms with E-state index in [1.54, 1.807) is 35.2 Å². The minimum atomic E-state index is -0.288. The summed E-state index contributed by atoms with van der Waals surface area (Å²) >= 11 is 0. The first kappa shape index (κ1) is 20.3. The molecular weight excluding hydrogens is 414 g/mol. The van der Waals surface area contributed by atoms with E-state index in [1.165, 1.54) is 24.3 Å². The van der Waals surface area contributed by atoms with E-state index in [0.29, 0.717) is 12.4 Å². The van der Waals surface area contributed by atoms with Gasteiger partial charge in [0.1, 0.15) is 23.9 Å². The maximum Gasteiger partial charge on any atom is 0.173 e. The summed E-state index contributed by atoms with van der Waals surface area (Å²) < 4.78 is 34.1. The van der Waals surface area contributed by atoms with E-state index in [0.717, 1.165) is 43.2 Å². The minimum Gasteiger partial charge on any atom is -0.467 e. The lowest BCUT2D eigenvalue weighted by Gasteiger charge is -2.39. The average molecular weight is 436 g/mol. The molecule has 0 amide bonds. The summed E-state index contributed by atoms with van der Waals surface area (Å²) in [5, 5.41) is 12.4. The lowest BCUT2D eigenvalue weighted by molar-refractivity contribution is 0.200. The predicted molar refractivity (Wildman–Crippen MR) is 114 cm³/mol. The van der Waals surface area contributed by atoms with Crippen LogP contribution in [0, 0.1) is 11.6 Å². The van der Waals surface area contributed by atoms with Crippen molar-refractivity contribution in [3.8, 4) is 0 Å². The third-order valence-electron chi connectivity index (χ3n) is 5.75. The lowest BCUT2D eigenvalue weighted by atomic mass is 10.0. The Labute approximate surface area is 183 Å². The normalized spacial score (nSPS) is 15.8. The number of hydrogen-bond donors (Lipinski definition) is 0. The van der Waals surface area contributed by atoms with Crippen LogP contribution in [0.4, 0.5) is 14.5 Å². The smallest absolute Gasteiger partial charge is 0.173 e. The average Bonchev–Trinajstić information content (AvgIpc) is 3.49. The van der Waals surface area contributed by atoms with Gasteiger partial charge in [0.15, 0.2) is 5.82 Å². The second-order valence-corrected chi connectivity index (χ2v) is 7.73. The number of hydrogen-bond acceptors (Lipinski definition) is 6. The molecule has 1 fully saturated rings. The van der Waals surface area contributed by atoms with Crippen LogP contribution in [0.2, 0.25) is 0 Å². The van der Waals surface area contributed by atoms with Crippen molar-refractivity contribution < 1.29 is 13.2 Å². The molecule has 0 bridgehead atoms. The molecule has 1 aliphatic heterocycles. The van der Waals surface area contributed by atoms with Crippen molar-refractivity contribution in [1.82, 2.24) is 25.1 Å². The van der Waals surface area contributed by atoms with Crippen molar-refractivity contribution in [3.05, 3.63) is 95.7 Å². The van der Waals surface area contributed by atoms with Crippen LogP contribution in [0.15, 0.2) is 71.3 Å². The van der Waals surface area contributed by atoms with Gasteiger partial charge in [0.05, 0.1) is 12.3 Å². The number of tetrazole rings is 1. The number of piperazine rings is 1. The van der Waals surface area contributed by atoms with Gasteiger partial charge in [-0.25, -0.2) is 13.5 Å². The number of furan rings is 1. The Balaban J connectivity index is 1.41. The van der Waals surface area contributed by atoms with Gasteiger partial charge >= 0.3 is 0 Å². The van der Waals surface area contributed by atoms with Gasteiger partial charge in [0, 0.05) is 31.9 Å². The standard InChI is InChI=1S/C23H22F2N6O/c24-18-5-3-17(4-6-18)22(23-26-27-28-31(23)16-21-2-1-15-32-21)30-13-11-29(12-14-30)20-9-7-19(25)8-10-20/h1-10,15,22H,11-14,16H2. The molecule has 4 aromatic rings. The second kappa shape index (κ2) is 8.88. The Morgan fingerprint density at radius 2 is 1.56 bits per heavy atom. The van der Waals surface area contributed by atoms with E-state index in [2.05, 4.69) is 25.3 Å². The molecule has 1 unspecified atom stereocenters. The summed E-state index contributed by atoms with van der Waals surface area (Å²) in [4.78, 5) is 4.51. The SMILES string of the molecule is Fc1ccc(C(c2nnnn2Cc2ccco2)N2CCN(c3ccc(F)cc3)CC2)cc1. The molecule has 164 valence electrons. The fourth-order valence-electron chi connectivity index (χ4n) is 4.13. The third kappa shape index (κ3) is 4.24. The van der Waals surface area contributed by atoms with Crippen LogP contribution in [0.3, 0.4) is 0 Å². The van der Waals surface area contributed by atoms with Gasteiger partial charge in [0.25, 0.3) is 0 Å². The maximum atomic E-state index is 13.6. The van der Waals surface area contributed by atoms with Gasteiger partial charge in [-0.3, -0.25) is 4.90 Å². The molecule has 1 saturated heterocycles. The van der Waals surface area contributed by atoms with Crippen LogP contribution in [0.25, 0.3) is 0 Å². The highest BCUT2D eigenvalue weighted by molar-refractivity contribution is 5.46. The number of halogens is 2. The van der Waals surface area contributed by atoms with Gasteiger partial charge in [-0.1, -0.05) is 12.1 Å². The summed E-state index contributed by atoms with van der Waals surface area (Å²) in [6.45, 7) is 3.43. The van der Waals surface area contributed by atoms with Crippen LogP contribution >= 0.6 is 0 Å². The highest BCUT2D eigenvalue weighted by Gasteiger charge is 2.31. The van der Waals surface area contributed by atoms with Gasteiger partial charge in [-0.2, -0.15) is 0 Å². The summed E-state index contributed by atoms with van der Waals surface area (Å²) in [7, 11) is 0. The molecule has 32 heavy (non-hydrogen) atoms. The number of rotatable bonds is 6. The first-order chi connectivity index (χ1) is 15.7. The molecule has 0 saturated carbocycles. The molecule has 9 heteroatoms. The number of benzene rings is 2. The zero-order valence-electron chi connectivity index (χ0n) is 17.3. The maximum absolute atomic E-state index is 13.6. The topological polar surface area (TPSA) is 63.2 Å². The Bertz CT molecular complexity index is 1140. The van der Waals surface area contributed by atoms with Gasteiger partial charge < -0.3 is 9.32 Å². The first-order valence-corrected chi connectivity index (χ1v) is 10.5. The molecule has 7 nitrogen and oxygen atoms in total. The van der Waals surface area contributed by atoms with Crippen molar-refractivity contribution in [3.63, 3.8) is 0 Å². The molecule has 2 aromatic carbocycles. The summed E-state index contributed by atoms with van der Waals surface area (Å²) in [6.07, 6.45) is 1.62. The van der Waals surface area contributed by atoms with Gasteiger partial charge in [-0.05, 0) is 64.5 Å². The molecule has 0 N–H and O–H groups in total. The molecule has 0 radical (unpaired) electrons. The number of aromatic nitrogens is 4. The molecule has 1 aliphatic rings. The lowest BCUT2D eigenvalue weighted by Crippen LogP contribution is -2.48. The molecule has 2 aromatic heterocycles. The van der Waals surface area contributed by atoms with E-state index < -0.39 is 0 Å². The van der Waals surface area contributed by atoms with Crippen molar-refractivity contribution in [2.75, 3.05) is 31.1 Å². The quantitative estimate of drug-likeness (QED) is 0.461. The van der Waals surface area contributed by atoms with Crippen molar-refractivity contribution >= 4 is 5.69 Å². The molecule has 5 rings (SSSR count). The Kier molecular flexibility index (Phi) is 5.64. The molecule has 0 spiro atoms. The van der Waals surface area contributed by atoms with E-state index in [1.807, 2.05) is 12.1 Å². The van der Waals surface area contributed by atoms with Crippen LogP contribution in [0.5, 0.6) is 0 Å². The number of anilines is 1. The van der Waals surface area contributed by atoms with E-state index in [4.69, 9.17) is 4.42 Å². The van der Waals surface area contributed by atoms with Crippen LogP contribution < -0.4 is 4.90 Å². The Morgan fingerprint density at radius 3 is 2.22 bits per heavy atom. The summed E-state index contributed by atoms with van der Waals surface area (Å²) in [6, 6.07) is 16.5. The zero-order valence-corrected chi connectivity index (χ0v) is 17.3. The minimum absolute atomic E-state index is 0.240. The molecule has 0 aliphatic carbocycles. The first-order valence-electron chi connectivity index (χ1n) is 10.5. The predicted octanol–water partition coefficient (Wildman–Crippen LogP) is 3.50. The zero-order chi connectivity index (χ0) is 21.9. The van der Waals surface area contributed by atoms with Crippen LogP contribution in [0.1, 0.15) is 23.2 Å². The van der Waals surface area contributed by atoms with E-state index in [9.17, 15) is 8.78 Å². The van der Waals surface area contributed by atoms with Gasteiger partial charge in [-0.15, -0.1) is 5.10 Å². The van der Waals surface area contributed by atoms with Crippen LogP contribution in [-0.4, -0.2) is 51.3 Å². The second-order valence-electron chi connectivity index (χ2n) is 7.73. The van der Waals surface area contributed by atoms with Crippen molar-refractivity contribution in [1.29, 1.82) is 0 Å². The molecule has 3 heterocycles. The van der Waals surface area contributed by atoms with E-state index in [-0.39, 0.29) is 17.7 Å². The fourth-order valence-corrected chi connectivity index (χ4v) is 4.13. The van der Waals surface area contributed by atoms with Crippen molar-refractivity contribution in [2.24, 2.45) is 0 Å². The molecular formula is C23H22F2N6O. The summed E-state index contributed by atoms with van der Waals surface area (Å²) in [5.74, 6) is 0.886. The Morgan fingerprint density at radius 1 is 0.875 bits per heavy atom. The monoisotopic (exact) mass is 436 g/mol. The van der Waals surface area contributed by atoms with Crippen molar-refractivity contribution in [2.45, 2.75) is 12.6 Å². The van der Waals surface area contributed by atoms with Crippen LogP contribution in [-0.2, 0) is 6.54 Å².